The number of benzene rings is 1. The van der Waals surface area contributed by atoms with Crippen molar-refractivity contribution in [3.8, 4) is 0 Å². The summed E-state index contributed by atoms with van der Waals surface area (Å²) < 4.78 is 4.94. The van der Waals surface area contributed by atoms with Crippen molar-refractivity contribution in [3.63, 3.8) is 0 Å². The fourth-order valence-electron chi connectivity index (χ4n) is 3.45. The van der Waals surface area contributed by atoms with Crippen LogP contribution in [0.3, 0.4) is 0 Å². The van der Waals surface area contributed by atoms with Gasteiger partial charge in [0.1, 0.15) is 5.54 Å². The molecule has 0 aromatic heterocycles. The van der Waals surface area contributed by atoms with Crippen molar-refractivity contribution < 1.29 is 14.3 Å². The maximum atomic E-state index is 12.4. The predicted octanol–water partition coefficient (Wildman–Crippen LogP) is 2.89. The zero-order valence-corrected chi connectivity index (χ0v) is 15.6. The van der Waals surface area contributed by atoms with E-state index in [2.05, 4.69) is 41.8 Å². The number of nitrogens with one attached hydrogen (secondary N) is 2. The van der Waals surface area contributed by atoms with Gasteiger partial charge in [-0.25, -0.2) is 4.79 Å². The number of carbonyl (C=O) groups is 2. The Hall–Kier alpha value is -1.88. The zero-order chi connectivity index (χ0) is 18.3. The van der Waals surface area contributed by atoms with E-state index in [0.29, 0.717) is 12.8 Å². The number of ether oxygens (including phenoxy) is 1. The summed E-state index contributed by atoms with van der Waals surface area (Å²) in [4.78, 5) is 24.6. The second-order valence-corrected chi connectivity index (χ2v) is 6.88. The van der Waals surface area contributed by atoms with Gasteiger partial charge in [0.15, 0.2) is 0 Å². The number of amides is 1. The minimum absolute atomic E-state index is 0.0667. The molecule has 1 aromatic carbocycles. The highest BCUT2D eigenvalue weighted by Gasteiger charge is 2.41. The SMILES string of the molecule is CCc1ccc(C(C)NCC(=O)NC2(C(=O)OC)CCCCC2)cc1. The zero-order valence-electron chi connectivity index (χ0n) is 15.6. The Labute approximate surface area is 150 Å². The average Bonchev–Trinajstić information content (AvgIpc) is 2.66. The Morgan fingerprint density at radius 3 is 2.36 bits per heavy atom. The van der Waals surface area contributed by atoms with Gasteiger partial charge in [-0.1, -0.05) is 50.5 Å². The number of aryl methyl sites for hydroxylation is 1. The van der Waals surface area contributed by atoms with E-state index in [9.17, 15) is 9.59 Å². The van der Waals surface area contributed by atoms with Crippen LogP contribution in [0, 0.1) is 0 Å². The summed E-state index contributed by atoms with van der Waals surface area (Å²) in [6.07, 6.45) is 5.28. The molecule has 1 fully saturated rings. The standard InChI is InChI=1S/C20H30N2O3/c1-4-16-8-10-17(11-9-16)15(2)21-14-18(23)22-20(19(24)25-3)12-6-5-7-13-20/h8-11,15,21H,4-7,12-14H2,1-3H3,(H,22,23). The van der Waals surface area contributed by atoms with Gasteiger partial charge >= 0.3 is 5.97 Å². The monoisotopic (exact) mass is 346 g/mol. The van der Waals surface area contributed by atoms with E-state index in [0.717, 1.165) is 31.2 Å². The second kappa shape index (κ2) is 8.99. The lowest BCUT2D eigenvalue weighted by Crippen LogP contribution is -2.57. The number of rotatable bonds is 7. The van der Waals surface area contributed by atoms with Crippen molar-refractivity contribution in [2.24, 2.45) is 0 Å². The molecule has 1 aliphatic rings. The first-order chi connectivity index (χ1) is 12.0. The lowest BCUT2D eigenvalue weighted by Gasteiger charge is -2.35. The summed E-state index contributed by atoms with van der Waals surface area (Å²) >= 11 is 0. The Morgan fingerprint density at radius 1 is 1.16 bits per heavy atom. The minimum atomic E-state index is -0.849. The molecule has 0 bridgehead atoms. The van der Waals surface area contributed by atoms with E-state index in [1.807, 2.05) is 6.92 Å². The number of hydrogen-bond acceptors (Lipinski definition) is 4. The van der Waals surface area contributed by atoms with Crippen LogP contribution in [0.1, 0.15) is 63.1 Å². The van der Waals surface area contributed by atoms with E-state index >= 15 is 0 Å². The molecule has 0 saturated heterocycles. The normalized spacial score (nSPS) is 17.6. The molecule has 2 N–H and O–H groups in total. The largest absolute Gasteiger partial charge is 0.467 e. The highest BCUT2D eigenvalue weighted by atomic mass is 16.5. The van der Waals surface area contributed by atoms with Crippen LogP contribution in [-0.4, -0.2) is 31.1 Å². The van der Waals surface area contributed by atoms with Gasteiger partial charge in [0.2, 0.25) is 5.91 Å². The van der Waals surface area contributed by atoms with Gasteiger partial charge in [-0.2, -0.15) is 0 Å². The summed E-state index contributed by atoms with van der Waals surface area (Å²) in [6.45, 7) is 4.34. The molecule has 1 saturated carbocycles. The fourth-order valence-corrected chi connectivity index (χ4v) is 3.45. The molecule has 1 aromatic rings. The van der Waals surface area contributed by atoms with Gasteiger partial charge in [-0.15, -0.1) is 0 Å². The molecule has 1 atom stereocenters. The van der Waals surface area contributed by atoms with Crippen LogP contribution in [0.25, 0.3) is 0 Å². The smallest absolute Gasteiger partial charge is 0.331 e. The van der Waals surface area contributed by atoms with Crippen molar-refractivity contribution in [2.45, 2.75) is 64.0 Å². The molecule has 138 valence electrons. The van der Waals surface area contributed by atoms with E-state index in [1.54, 1.807) is 0 Å². The number of hydrogen-bond donors (Lipinski definition) is 2. The molecule has 0 spiro atoms. The Bertz CT molecular complexity index is 577. The molecule has 5 nitrogen and oxygen atoms in total. The summed E-state index contributed by atoms with van der Waals surface area (Å²) in [6, 6.07) is 8.47. The quantitative estimate of drug-likeness (QED) is 0.745. The highest BCUT2D eigenvalue weighted by Crippen LogP contribution is 2.29. The first-order valence-electron chi connectivity index (χ1n) is 9.22. The van der Waals surface area contributed by atoms with Crippen LogP contribution in [0.4, 0.5) is 0 Å². The summed E-state index contributed by atoms with van der Waals surface area (Å²) in [7, 11) is 1.38. The van der Waals surface area contributed by atoms with Crippen LogP contribution in [0.2, 0.25) is 0 Å². The van der Waals surface area contributed by atoms with E-state index in [1.165, 1.54) is 12.7 Å². The van der Waals surface area contributed by atoms with Gasteiger partial charge in [0.05, 0.1) is 13.7 Å². The molecule has 1 amide bonds. The summed E-state index contributed by atoms with van der Waals surface area (Å²) in [5.74, 6) is -0.493. The Morgan fingerprint density at radius 2 is 1.80 bits per heavy atom. The third kappa shape index (κ3) is 5.05. The molecule has 25 heavy (non-hydrogen) atoms. The van der Waals surface area contributed by atoms with Gasteiger partial charge < -0.3 is 15.4 Å². The minimum Gasteiger partial charge on any atom is -0.467 e. The molecular weight excluding hydrogens is 316 g/mol. The van der Waals surface area contributed by atoms with E-state index < -0.39 is 5.54 Å². The van der Waals surface area contributed by atoms with Crippen molar-refractivity contribution in [3.05, 3.63) is 35.4 Å². The fraction of sp³-hybridized carbons (Fsp3) is 0.600. The van der Waals surface area contributed by atoms with Crippen molar-refractivity contribution >= 4 is 11.9 Å². The lowest BCUT2D eigenvalue weighted by atomic mass is 9.81. The van der Waals surface area contributed by atoms with Gasteiger partial charge in [-0.3, -0.25) is 4.79 Å². The summed E-state index contributed by atoms with van der Waals surface area (Å²) in [5, 5.41) is 6.17. The average molecular weight is 346 g/mol. The molecule has 1 aliphatic carbocycles. The van der Waals surface area contributed by atoms with Crippen molar-refractivity contribution in [1.29, 1.82) is 0 Å². The van der Waals surface area contributed by atoms with Crippen LogP contribution < -0.4 is 10.6 Å². The molecular formula is C20H30N2O3. The Kier molecular flexibility index (Phi) is 7.00. The van der Waals surface area contributed by atoms with Crippen LogP contribution in [-0.2, 0) is 20.7 Å². The number of methoxy groups -OCH3 is 1. The number of esters is 1. The Balaban J connectivity index is 1.90. The van der Waals surface area contributed by atoms with Gasteiger partial charge in [0.25, 0.3) is 0 Å². The molecule has 0 heterocycles. The van der Waals surface area contributed by atoms with Gasteiger partial charge in [0, 0.05) is 6.04 Å². The maximum absolute atomic E-state index is 12.4. The van der Waals surface area contributed by atoms with E-state index in [-0.39, 0.29) is 24.5 Å². The van der Waals surface area contributed by atoms with Crippen LogP contribution >= 0.6 is 0 Å². The van der Waals surface area contributed by atoms with Crippen LogP contribution in [0.5, 0.6) is 0 Å². The molecule has 2 rings (SSSR count). The third-order valence-corrected chi connectivity index (χ3v) is 5.12. The maximum Gasteiger partial charge on any atom is 0.331 e. The number of carbonyl (C=O) groups excluding carboxylic acids is 2. The van der Waals surface area contributed by atoms with Crippen LogP contribution in [0.15, 0.2) is 24.3 Å². The first kappa shape index (κ1) is 19.4. The molecule has 0 aliphatic heterocycles. The lowest BCUT2D eigenvalue weighted by molar-refractivity contribution is -0.152. The summed E-state index contributed by atoms with van der Waals surface area (Å²) in [5.41, 5.74) is 1.59. The van der Waals surface area contributed by atoms with E-state index in [4.69, 9.17) is 4.74 Å². The third-order valence-electron chi connectivity index (χ3n) is 5.12. The molecule has 5 heteroatoms. The molecule has 1 unspecified atom stereocenters. The predicted molar refractivity (Wildman–Crippen MR) is 98.2 cm³/mol. The highest BCUT2D eigenvalue weighted by molar-refractivity contribution is 5.88. The van der Waals surface area contributed by atoms with Crippen molar-refractivity contribution in [2.75, 3.05) is 13.7 Å². The van der Waals surface area contributed by atoms with Gasteiger partial charge in [-0.05, 0) is 37.3 Å². The topological polar surface area (TPSA) is 67.4 Å². The molecule has 0 radical (unpaired) electrons. The second-order valence-electron chi connectivity index (χ2n) is 6.88. The first-order valence-corrected chi connectivity index (χ1v) is 9.22. The van der Waals surface area contributed by atoms with Crippen molar-refractivity contribution in [1.82, 2.24) is 10.6 Å².